The predicted molar refractivity (Wildman–Crippen MR) is 83.2 cm³/mol. The van der Waals surface area contributed by atoms with Crippen molar-refractivity contribution in [1.29, 1.82) is 0 Å². The molecule has 0 aromatic carbocycles. The lowest BCUT2D eigenvalue weighted by molar-refractivity contribution is -0.0352. The van der Waals surface area contributed by atoms with Crippen molar-refractivity contribution in [3.63, 3.8) is 0 Å². The third kappa shape index (κ3) is 5.83. The first-order chi connectivity index (χ1) is 9.20. The lowest BCUT2D eigenvalue weighted by Crippen LogP contribution is -2.44. The zero-order valence-corrected chi connectivity index (χ0v) is 13.4. The van der Waals surface area contributed by atoms with Crippen LogP contribution in [-0.4, -0.2) is 29.3 Å². The van der Waals surface area contributed by atoms with E-state index < -0.39 is 0 Å². The molecule has 1 fully saturated rings. The largest absolute Gasteiger partial charge is 0.378 e. The number of unbranched alkanes of at least 4 members (excludes halogenated alkanes) is 1. The number of nitrogens with zero attached hydrogens (tertiary/aromatic N) is 1. The highest BCUT2D eigenvalue weighted by molar-refractivity contribution is 4.81. The van der Waals surface area contributed by atoms with Crippen molar-refractivity contribution in [2.75, 3.05) is 7.05 Å². The van der Waals surface area contributed by atoms with Gasteiger partial charge in [-0.15, -0.1) is 0 Å². The summed E-state index contributed by atoms with van der Waals surface area (Å²) in [6.07, 6.45) is 13.9. The van der Waals surface area contributed by atoms with Crippen molar-refractivity contribution in [2.45, 2.75) is 96.7 Å². The Morgan fingerprint density at radius 1 is 1.05 bits per heavy atom. The molecule has 3 atom stereocenters. The molecule has 1 N–H and O–H groups in total. The lowest BCUT2D eigenvalue weighted by atomic mass is 9.82. The fourth-order valence-corrected chi connectivity index (χ4v) is 3.56. The molecule has 114 valence electrons. The Balaban J connectivity index is 2.63. The Morgan fingerprint density at radius 3 is 2.37 bits per heavy atom. The fourth-order valence-electron chi connectivity index (χ4n) is 3.56. The van der Waals surface area contributed by atoms with Crippen molar-refractivity contribution >= 4 is 0 Å². The van der Waals surface area contributed by atoms with E-state index in [2.05, 4.69) is 25.8 Å². The van der Waals surface area contributed by atoms with E-state index in [4.69, 9.17) is 0 Å². The van der Waals surface area contributed by atoms with E-state index in [9.17, 15) is 5.11 Å². The molecule has 3 unspecified atom stereocenters. The third-order valence-corrected chi connectivity index (χ3v) is 4.84. The van der Waals surface area contributed by atoms with E-state index in [1.807, 2.05) is 0 Å². The number of hydrogen-bond donors (Lipinski definition) is 1. The van der Waals surface area contributed by atoms with Gasteiger partial charge in [-0.05, 0) is 38.6 Å². The second kappa shape index (κ2) is 9.77. The normalized spacial score (nSPS) is 27.0. The maximum Gasteiger partial charge on any atom is 0.107 e. The second-order valence-electron chi connectivity index (χ2n) is 6.40. The summed E-state index contributed by atoms with van der Waals surface area (Å²) in [5.74, 6) is 0.803. The van der Waals surface area contributed by atoms with Crippen LogP contribution in [-0.2, 0) is 0 Å². The van der Waals surface area contributed by atoms with Crippen LogP contribution in [0.5, 0.6) is 0 Å². The van der Waals surface area contributed by atoms with Gasteiger partial charge in [-0.1, -0.05) is 58.8 Å². The quantitative estimate of drug-likeness (QED) is 0.685. The van der Waals surface area contributed by atoms with Gasteiger partial charge in [0.1, 0.15) is 6.23 Å². The minimum Gasteiger partial charge on any atom is -0.378 e. The molecule has 0 aromatic heterocycles. The monoisotopic (exact) mass is 269 g/mol. The van der Waals surface area contributed by atoms with Crippen LogP contribution in [0.15, 0.2) is 0 Å². The van der Waals surface area contributed by atoms with E-state index in [1.165, 1.54) is 57.8 Å². The summed E-state index contributed by atoms with van der Waals surface area (Å²) in [5, 5.41) is 10.3. The number of aliphatic hydroxyl groups excluding tert-OH is 1. The van der Waals surface area contributed by atoms with E-state index >= 15 is 0 Å². The van der Waals surface area contributed by atoms with Crippen molar-refractivity contribution in [3.8, 4) is 0 Å². The van der Waals surface area contributed by atoms with Gasteiger partial charge in [0.05, 0.1) is 0 Å². The summed E-state index contributed by atoms with van der Waals surface area (Å²) in [5.41, 5.74) is 0. The first-order valence-corrected chi connectivity index (χ1v) is 8.60. The Hall–Kier alpha value is -0.0800. The molecule has 19 heavy (non-hydrogen) atoms. The maximum atomic E-state index is 10.3. The first-order valence-electron chi connectivity index (χ1n) is 8.60. The van der Waals surface area contributed by atoms with Crippen molar-refractivity contribution in [1.82, 2.24) is 4.90 Å². The average Bonchev–Trinajstić information content (AvgIpc) is 2.37. The van der Waals surface area contributed by atoms with Gasteiger partial charge in [-0.3, -0.25) is 4.90 Å². The highest BCUT2D eigenvalue weighted by Crippen LogP contribution is 2.30. The van der Waals surface area contributed by atoms with Crippen LogP contribution in [0.4, 0.5) is 0 Å². The molecule has 0 radical (unpaired) electrons. The zero-order valence-electron chi connectivity index (χ0n) is 13.4. The van der Waals surface area contributed by atoms with E-state index in [0.29, 0.717) is 6.04 Å². The minimum absolute atomic E-state index is 0.237. The fraction of sp³-hybridized carbons (Fsp3) is 1.00. The van der Waals surface area contributed by atoms with Crippen molar-refractivity contribution < 1.29 is 5.11 Å². The number of hydrogen-bond acceptors (Lipinski definition) is 2. The SMILES string of the molecule is CCCCC1CCCCCCC1N(C)C(O)CCC. The Labute approximate surface area is 120 Å². The van der Waals surface area contributed by atoms with Gasteiger partial charge in [-0.25, -0.2) is 0 Å². The first kappa shape index (κ1) is 17.0. The van der Waals surface area contributed by atoms with Gasteiger partial charge in [0.15, 0.2) is 0 Å². The summed E-state index contributed by atoms with van der Waals surface area (Å²) in [6.45, 7) is 4.44. The van der Waals surface area contributed by atoms with E-state index in [1.54, 1.807) is 0 Å². The topological polar surface area (TPSA) is 23.5 Å². The van der Waals surface area contributed by atoms with Gasteiger partial charge in [0.2, 0.25) is 0 Å². The Kier molecular flexibility index (Phi) is 8.72. The Morgan fingerprint density at radius 2 is 1.74 bits per heavy atom. The molecule has 2 heteroatoms. The molecule has 0 aliphatic heterocycles. The van der Waals surface area contributed by atoms with Gasteiger partial charge >= 0.3 is 0 Å². The number of aliphatic hydroxyl groups is 1. The third-order valence-electron chi connectivity index (χ3n) is 4.84. The minimum atomic E-state index is -0.237. The zero-order chi connectivity index (χ0) is 14.1. The van der Waals surface area contributed by atoms with Gasteiger partial charge < -0.3 is 5.11 Å². The molecule has 1 saturated carbocycles. The molecule has 0 amide bonds. The molecule has 0 bridgehead atoms. The standard InChI is InChI=1S/C17H35NO/c1-4-6-12-15-13-9-7-8-10-14-16(15)18(3)17(19)11-5-2/h15-17,19H,4-14H2,1-3H3. The summed E-state index contributed by atoms with van der Waals surface area (Å²) in [7, 11) is 2.14. The van der Waals surface area contributed by atoms with E-state index in [0.717, 1.165) is 18.8 Å². The predicted octanol–water partition coefficient (Wildman–Crippen LogP) is 4.57. The molecule has 0 aromatic rings. The van der Waals surface area contributed by atoms with Gasteiger partial charge in [-0.2, -0.15) is 0 Å². The summed E-state index contributed by atoms with van der Waals surface area (Å²) in [4.78, 5) is 2.29. The average molecular weight is 269 g/mol. The molecule has 0 saturated heterocycles. The van der Waals surface area contributed by atoms with Crippen molar-refractivity contribution in [3.05, 3.63) is 0 Å². The van der Waals surface area contributed by atoms with E-state index in [-0.39, 0.29) is 6.23 Å². The van der Waals surface area contributed by atoms with Crippen LogP contribution in [0.3, 0.4) is 0 Å². The molecule has 0 heterocycles. The van der Waals surface area contributed by atoms with Gasteiger partial charge in [0.25, 0.3) is 0 Å². The summed E-state index contributed by atoms with van der Waals surface area (Å²) >= 11 is 0. The molecular formula is C17H35NO. The molecule has 1 rings (SSSR count). The maximum absolute atomic E-state index is 10.3. The van der Waals surface area contributed by atoms with Crippen LogP contribution in [0, 0.1) is 5.92 Å². The molecular weight excluding hydrogens is 234 g/mol. The van der Waals surface area contributed by atoms with Crippen LogP contribution >= 0.6 is 0 Å². The highest BCUT2D eigenvalue weighted by Gasteiger charge is 2.28. The van der Waals surface area contributed by atoms with Crippen LogP contribution in [0.1, 0.15) is 84.5 Å². The van der Waals surface area contributed by atoms with Gasteiger partial charge in [0, 0.05) is 6.04 Å². The second-order valence-corrected chi connectivity index (χ2v) is 6.40. The summed E-state index contributed by atoms with van der Waals surface area (Å²) in [6, 6.07) is 0.605. The molecule has 2 nitrogen and oxygen atoms in total. The lowest BCUT2D eigenvalue weighted by Gasteiger charge is -2.39. The van der Waals surface area contributed by atoms with Crippen LogP contribution in [0.25, 0.3) is 0 Å². The van der Waals surface area contributed by atoms with Crippen LogP contribution in [0.2, 0.25) is 0 Å². The smallest absolute Gasteiger partial charge is 0.107 e. The summed E-state index contributed by atoms with van der Waals surface area (Å²) < 4.78 is 0. The molecule has 1 aliphatic carbocycles. The highest BCUT2D eigenvalue weighted by atomic mass is 16.3. The van der Waals surface area contributed by atoms with Crippen LogP contribution < -0.4 is 0 Å². The Bertz CT molecular complexity index is 217. The molecule has 0 spiro atoms. The van der Waals surface area contributed by atoms with Crippen molar-refractivity contribution in [2.24, 2.45) is 5.92 Å². The number of rotatable bonds is 7. The molecule has 1 aliphatic rings.